The quantitative estimate of drug-likeness (QED) is 0.723. The van der Waals surface area contributed by atoms with Gasteiger partial charge in [-0.2, -0.15) is 0 Å². The molecule has 3 heteroatoms. The smallest absolute Gasteiger partial charge is 0.231 e. The Hall–Kier alpha value is -1.48. The minimum Gasteiger partial charge on any atom is -0.454 e. The van der Waals surface area contributed by atoms with Gasteiger partial charge in [-0.1, -0.05) is 31.4 Å². The molecule has 0 spiro atoms. The standard InChI is InChI=1S/C18H24O3/c1-2-6-16(15-7-4-3-5-8-15)19-12-14-9-10-17-18(11-14)21-13-20-17/h2,9-11,15-16H,1,3-8,12-13H2. The number of rotatable bonds is 6. The van der Waals surface area contributed by atoms with Crippen LogP contribution in [0.4, 0.5) is 0 Å². The fraction of sp³-hybridized carbons (Fsp3) is 0.556. The zero-order chi connectivity index (χ0) is 14.5. The summed E-state index contributed by atoms with van der Waals surface area (Å²) in [4.78, 5) is 0. The molecule has 1 saturated carbocycles. The molecule has 1 atom stereocenters. The van der Waals surface area contributed by atoms with E-state index >= 15 is 0 Å². The number of fused-ring (bicyclic) bond motifs is 1. The van der Waals surface area contributed by atoms with Crippen molar-refractivity contribution in [1.29, 1.82) is 0 Å². The van der Waals surface area contributed by atoms with E-state index < -0.39 is 0 Å². The minimum atomic E-state index is 0.299. The van der Waals surface area contributed by atoms with Gasteiger partial charge in [0, 0.05) is 0 Å². The molecule has 3 rings (SSSR count). The van der Waals surface area contributed by atoms with Gasteiger partial charge in [0.25, 0.3) is 0 Å². The van der Waals surface area contributed by atoms with Gasteiger partial charge in [0.05, 0.1) is 12.7 Å². The molecular formula is C18H24O3. The van der Waals surface area contributed by atoms with E-state index in [1.54, 1.807) is 0 Å². The maximum absolute atomic E-state index is 6.20. The molecule has 21 heavy (non-hydrogen) atoms. The Morgan fingerprint density at radius 3 is 2.81 bits per heavy atom. The van der Waals surface area contributed by atoms with E-state index in [1.807, 2.05) is 18.2 Å². The molecule has 1 fully saturated rings. The van der Waals surface area contributed by atoms with E-state index in [4.69, 9.17) is 14.2 Å². The summed E-state index contributed by atoms with van der Waals surface area (Å²) in [6.45, 7) is 4.83. The summed E-state index contributed by atoms with van der Waals surface area (Å²) in [5, 5.41) is 0. The van der Waals surface area contributed by atoms with Crippen molar-refractivity contribution < 1.29 is 14.2 Å². The van der Waals surface area contributed by atoms with Crippen LogP contribution in [0, 0.1) is 5.92 Å². The molecule has 0 radical (unpaired) electrons. The lowest BCUT2D eigenvalue weighted by atomic mass is 9.84. The van der Waals surface area contributed by atoms with Crippen LogP contribution in [0.2, 0.25) is 0 Å². The van der Waals surface area contributed by atoms with E-state index in [0.717, 1.165) is 23.5 Å². The molecule has 0 aromatic heterocycles. The summed E-state index contributed by atoms with van der Waals surface area (Å²) in [7, 11) is 0. The second-order valence-electron chi connectivity index (χ2n) is 5.96. The van der Waals surface area contributed by atoms with Gasteiger partial charge in [0.15, 0.2) is 11.5 Å². The maximum Gasteiger partial charge on any atom is 0.231 e. The molecule has 1 aliphatic heterocycles. The first-order valence-electron chi connectivity index (χ1n) is 7.98. The second kappa shape index (κ2) is 6.99. The lowest BCUT2D eigenvalue weighted by molar-refractivity contribution is -0.00815. The second-order valence-corrected chi connectivity index (χ2v) is 5.96. The van der Waals surface area contributed by atoms with E-state index in [0.29, 0.717) is 25.4 Å². The third-order valence-electron chi connectivity index (χ3n) is 4.48. The molecule has 1 unspecified atom stereocenters. The molecule has 1 aromatic carbocycles. The highest BCUT2D eigenvalue weighted by Crippen LogP contribution is 2.34. The fourth-order valence-electron chi connectivity index (χ4n) is 3.30. The third kappa shape index (κ3) is 3.59. The Labute approximate surface area is 126 Å². The van der Waals surface area contributed by atoms with Gasteiger partial charge in [-0.05, 0) is 42.9 Å². The first kappa shape index (κ1) is 14.5. The van der Waals surface area contributed by atoms with Gasteiger partial charge in [-0.3, -0.25) is 0 Å². The van der Waals surface area contributed by atoms with Crippen molar-refractivity contribution in [3.63, 3.8) is 0 Å². The molecule has 2 aliphatic rings. The highest BCUT2D eigenvalue weighted by Gasteiger charge is 2.23. The molecule has 1 heterocycles. The molecule has 114 valence electrons. The Balaban J connectivity index is 1.59. The molecule has 1 aliphatic carbocycles. The third-order valence-corrected chi connectivity index (χ3v) is 4.48. The molecular weight excluding hydrogens is 264 g/mol. The van der Waals surface area contributed by atoms with Crippen molar-refractivity contribution in [3.8, 4) is 11.5 Å². The summed E-state index contributed by atoms with van der Waals surface area (Å²) in [6, 6.07) is 6.04. The first-order chi connectivity index (χ1) is 10.4. The molecule has 3 nitrogen and oxygen atoms in total. The predicted octanol–water partition coefficient (Wildman–Crippen LogP) is 4.46. The van der Waals surface area contributed by atoms with E-state index in [-0.39, 0.29) is 0 Å². The monoisotopic (exact) mass is 288 g/mol. The average Bonchev–Trinajstić information content (AvgIpc) is 3.00. The van der Waals surface area contributed by atoms with Gasteiger partial charge in [-0.25, -0.2) is 0 Å². The molecule has 0 saturated heterocycles. The van der Waals surface area contributed by atoms with Crippen LogP contribution in [0.3, 0.4) is 0 Å². The van der Waals surface area contributed by atoms with Gasteiger partial charge in [-0.15, -0.1) is 6.58 Å². The van der Waals surface area contributed by atoms with Crippen LogP contribution in [-0.4, -0.2) is 12.9 Å². The Morgan fingerprint density at radius 2 is 2.00 bits per heavy atom. The summed E-state index contributed by atoms with van der Waals surface area (Å²) in [5.74, 6) is 2.34. The first-order valence-corrected chi connectivity index (χ1v) is 7.98. The van der Waals surface area contributed by atoms with Crippen LogP contribution in [0.15, 0.2) is 30.9 Å². The molecule has 0 bridgehead atoms. The summed E-state index contributed by atoms with van der Waals surface area (Å²) >= 11 is 0. The maximum atomic E-state index is 6.20. The predicted molar refractivity (Wildman–Crippen MR) is 82.5 cm³/mol. The average molecular weight is 288 g/mol. The van der Waals surface area contributed by atoms with Crippen LogP contribution < -0.4 is 9.47 Å². The van der Waals surface area contributed by atoms with Crippen molar-refractivity contribution in [2.45, 2.75) is 51.2 Å². The topological polar surface area (TPSA) is 27.7 Å². The van der Waals surface area contributed by atoms with Crippen LogP contribution in [0.5, 0.6) is 11.5 Å². The van der Waals surface area contributed by atoms with Crippen molar-refractivity contribution >= 4 is 0 Å². The lowest BCUT2D eigenvalue weighted by Crippen LogP contribution is -2.25. The van der Waals surface area contributed by atoms with Crippen molar-refractivity contribution in [2.75, 3.05) is 6.79 Å². The Morgan fingerprint density at radius 1 is 1.19 bits per heavy atom. The van der Waals surface area contributed by atoms with Crippen LogP contribution >= 0.6 is 0 Å². The number of ether oxygens (including phenoxy) is 3. The van der Waals surface area contributed by atoms with Gasteiger partial charge in [0.2, 0.25) is 6.79 Å². The van der Waals surface area contributed by atoms with Gasteiger partial charge >= 0.3 is 0 Å². The molecule has 0 N–H and O–H groups in total. The number of hydrogen-bond donors (Lipinski definition) is 0. The number of benzene rings is 1. The van der Waals surface area contributed by atoms with Crippen LogP contribution in [0.1, 0.15) is 44.1 Å². The SMILES string of the molecule is C=CCC(OCc1ccc2c(c1)OCO2)C1CCCCC1. The number of hydrogen-bond acceptors (Lipinski definition) is 3. The van der Waals surface area contributed by atoms with Crippen molar-refractivity contribution in [2.24, 2.45) is 5.92 Å². The normalized spacial score (nSPS) is 19.4. The highest BCUT2D eigenvalue weighted by atomic mass is 16.7. The van der Waals surface area contributed by atoms with E-state index in [9.17, 15) is 0 Å². The Bertz CT molecular complexity index is 477. The van der Waals surface area contributed by atoms with Crippen molar-refractivity contribution in [1.82, 2.24) is 0 Å². The summed E-state index contributed by atoms with van der Waals surface area (Å²) in [5.41, 5.74) is 1.14. The molecule has 1 aromatic rings. The van der Waals surface area contributed by atoms with Gasteiger partial charge < -0.3 is 14.2 Å². The highest BCUT2D eigenvalue weighted by molar-refractivity contribution is 5.44. The van der Waals surface area contributed by atoms with Crippen molar-refractivity contribution in [3.05, 3.63) is 36.4 Å². The van der Waals surface area contributed by atoms with Crippen LogP contribution in [-0.2, 0) is 11.3 Å². The largest absolute Gasteiger partial charge is 0.454 e. The van der Waals surface area contributed by atoms with E-state index in [2.05, 4.69) is 12.6 Å². The summed E-state index contributed by atoms with van der Waals surface area (Å²) in [6.07, 6.45) is 9.86. The zero-order valence-electron chi connectivity index (χ0n) is 12.6. The molecule has 0 amide bonds. The zero-order valence-corrected chi connectivity index (χ0v) is 12.6. The van der Waals surface area contributed by atoms with Crippen LogP contribution in [0.25, 0.3) is 0 Å². The Kier molecular flexibility index (Phi) is 4.81. The lowest BCUT2D eigenvalue weighted by Gasteiger charge is -2.29. The summed E-state index contributed by atoms with van der Waals surface area (Å²) < 4.78 is 17.0. The van der Waals surface area contributed by atoms with Gasteiger partial charge in [0.1, 0.15) is 0 Å². The van der Waals surface area contributed by atoms with E-state index in [1.165, 1.54) is 32.1 Å². The fourth-order valence-corrected chi connectivity index (χ4v) is 3.30. The minimum absolute atomic E-state index is 0.299.